The van der Waals surface area contributed by atoms with Crippen LogP contribution in [0.4, 0.5) is 0 Å². The molecule has 0 radical (unpaired) electrons. The summed E-state index contributed by atoms with van der Waals surface area (Å²) in [7, 11) is 4.83. The van der Waals surface area contributed by atoms with Gasteiger partial charge in [-0.05, 0) is 53.1 Å². The van der Waals surface area contributed by atoms with E-state index in [1.807, 2.05) is 61.5 Å². The van der Waals surface area contributed by atoms with E-state index in [4.69, 9.17) is 18.9 Å². The second-order valence-electron chi connectivity index (χ2n) is 7.12. The predicted octanol–water partition coefficient (Wildman–Crippen LogP) is 5.41. The molecular formula is C26H24O5. The second-order valence-corrected chi connectivity index (χ2v) is 7.12. The number of carbonyl (C=O) groups excluding carboxylic acids is 1. The molecule has 0 aromatic heterocycles. The molecule has 31 heavy (non-hydrogen) atoms. The highest BCUT2D eigenvalue weighted by Crippen LogP contribution is 2.38. The molecule has 0 saturated heterocycles. The Kier molecular flexibility index (Phi) is 5.67. The van der Waals surface area contributed by atoms with Gasteiger partial charge in [0.25, 0.3) is 0 Å². The van der Waals surface area contributed by atoms with Gasteiger partial charge in [-0.3, -0.25) is 0 Å². The molecule has 1 aliphatic heterocycles. The summed E-state index contributed by atoms with van der Waals surface area (Å²) in [6.07, 6.45) is 4.33. The zero-order chi connectivity index (χ0) is 22.0. The van der Waals surface area contributed by atoms with E-state index in [1.54, 1.807) is 27.4 Å². The number of methoxy groups -OCH3 is 3. The van der Waals surface area contributed by atoms with Crippen molar-refractivity contribution in [3.8, 4) is 17.2 Å². The molecule has 0 N–H and O–H groups in total. The molecule has 0 amide bonds. The quantitative estimate of drug-likeness (QED) is 0.397. The smallest absolute Gasteiger partial charge is 0.343 e. The Hall–Kier alpha value is -3.73. The molecule has 1 aliphatic rings. The van der Waals surface area contributed by atoms with Crippen LogP contribution in [0.1, 0.15) is 23.6 Å². The number of cyclic esters (lactones) is 1. The number of aryl methyl sites for hydroxylation is 1. The molecule has 5 nitrogen and oxygen atoms in total. The highest BCUT2D eigenvalue weighted by molar-refractivity contribution is 6.07. The first-order chi connectivity index (χ1) is 15.1. The lowest BCUT2D eigenvalue weighted by Gasteiger charge is -2.14. The summed E-state index contributed by atoms with van der Waals surface area (Å²) in [4.78, 5) is 12.7. The SMILES string of the molecule is CCc1cc(C2=C/C(=C/c3c(OC)ccc4ccccc34)C(=O)O2)cc(OC)c1OC. The lowest BCUT2D eigenvalue weighted by molar-refractivity contribution is -0.130. The van der Waals surface area contributed by atoms with E-state index in [9.17, 15) is 4.79 Å². The number of carbonyl (C=O) groups is 1. The van der Waals surface area contributed by atoms with Crippen LogP contribution < -0.4 is 14.2 Å². The van der Waals surface area contributed by atoms with Crippen LogP contribution in [-0.2, 0) is 16.0 Å². The predicted molar refractivity (Wildman–Crippen MR) is 121 cm³/mol. The van der Waals surface area contributed by atoms with Gasteiger partial charge < -0.3 is 18.9 Å². The Labute approximate surface area is 181 Å². The maximum atomic E-state index is 12.7. The van der Waals surface area contributed by atoms with Crippen LogP contribution in [0.2, 0.25) is 0 Å². The van der Waals surface area contributed by atoms with Gasteiger partial charge in [-0.1, -0.05) is 37.3 Å². The summed E-state index contributed by atoms with van der Waals surface area (Å²) >= 11 is 0. The summed E-state index contributed by atoms with van der Waals surface area (Å²) < 4.78 is 22.1. The van der Waals surface area contributed by atoms with Crippen LogP contribution in [0.15, 0.2) is 60.2 Å². The molecule has 4 rings (SSSR count). The van der Waals surface area contributed by atoms with Crippen molar-refractivity contribution in [2.75, 3.05) is 21.3 Å². The monoisotopic (exact) mass is 416 g/mol. The van der Waals surface area contributed by atoms with Gasteiger partial charge in [-0.2, -0.15) is 0 Å². The van der Waals surface area contributed by atoms with E-state index in [-0.39, 0.29) is 0 Å². The number of hydrogen-bond acceptors (Lipinski definition) is 5. The Bertz CT molecular complexity index is 1190. The van der Waals surface area contributed by atoms with Gasteiger partial charge in [-0.25, -0.2) is 4.79 Å². The van der Waals surface area contributed by atoms with Crippen LogP contribution in [-0.4, -0.2) is 27.3 Å². The van der Waals surface area contributed by atoms with E-state index in [0.29, 0.717) is 28.6 Å². The van der Waals surface area contributed by atoms with Crippen molar-refractivity contribution in [3.63, 3.8) is 0 Å². The number of hydrogen-bond donors (Lipinski definition) is 0. The largest absolute Gasteiger partial charge is 0.496 e. The average molecular weight is 416 g/mol. The maximum absolute atomic E-state index is 12.7. The van der Waals surface area contributed by atoms with Crippen molar-refractivity contribution in [3.05, 3.63) is 76.9 Å². The Morgan fingerprint density at radius 1 is 0.935 bits per heavy atom. The number of rotatable bonds is 6. The van der Waals surface area contributed by atoms with E-state index in [0.717, 1.165) is 33.9 Å². The summed E-state index contributed by atoms with van der Waals surface area (Å²) in [5, 5.41) is 2.07. The third-order valence-corrected chi connectivity index (χ3v) is 5.40. The second kappa shape index (κ2) is 8.56. The Morgan fingerprint density at radius 2 is 1.71 bits per heavy atom. The van der Waals surface area contributed by atoms with Crippen molar-refractivity contribution < 1.29 is 23.7 Å². The third-order valence-electron chi connectivity index (χ3n) is 5.40. The highest BCUT2D eigenvalue weighted by Gasteiger charge is 2.25. The topological polar surface area (TPSA) is 54.0 Å². The molecule has 158 valence electrons. The minimum absolute atomic E-state index is 0.405. The molecule has 1 heterocycles. The van der Waals surface area contributed by atoms with Crippen molar-refractivity contribution in [2.45, 2.75) is 13.3 Å². The molecule has 3 aromatic carbocycles. The summed E-state index contributed by atoms with van der Waals surface area (Å²) in [6, 6.07) is 15.7. The fourth-order valence-corrected chi connectivity index (χ4v) is 3.84. The zero-order valence-corrected chi connectivity index (χ0v) is 18.0. The van der Waals surface area contributed by atoms with Gasteiger partial charge in [0.05, 0.1) is 26.9 Å². The fourth-order valence-electron chi connectivity index (χ4n) is 3.84. The van der Waals surface area contributed by atoms with Gasteiger partial charge >= 0.3 is 5.97 Å². The van der Waals surface area contributed by atoms with Gasteiger partial charge in [0.15, 0.2) is 11.5 Å². The number of benzene rings is 3. The van der Waals surface area contributed by atoms with Gasteiger partial charge in [-0.15, -0.1) is 0 Å². The lowest BCUT2D eigenvalue weighted by atomic mass is 10.0. The van der Waals surface area contributed by atoms with E-state index < -0.39 is 5.97 Å². The minimum Gasteiger partial charge on any atom is -0.496 e. The Morgan fingerprint density at radius 3 is 2.42 bits per heavy atom. The standard InChI is InChI=1S/C26H24O5/c1-5-16-12-18(14-24(29-3)25(16)30-4)23-15-19(26(27)31-23)13-21-20-9-7-6-8-17(20)10-11-22(21)28-2/h6-15H,5H2,1-4H3/b19-13-. The fraction of sp³-hybridized carbons (Fsp3) is 0.192. The summed E-state index contributed by atoms with van der Waals surface area (Å²) in [6.45, 7) is 2.04. The maximum Gasteiger partial charge on any atom is 0.343 e. The van der Waals surface area contributed by atoms with Crippen LogP contribution in [0, 0.1) is 0 Å². The number of ether oxygens (including phenoxy) is 4. The third kappa shape index (κ3) is 3.75. The average Bonchev–Trinajstić information content (AvgIpc) is 3.18. The molecule has 0 aliphatic carbocycles. The first kappa shape index (κ1) is 20.5. The van der Waals surface area contributed by atoms with Crippen LogP contribution in [0.5, 0.6) is 17.2 Å². The molecule has 0 saturated carbocycles. The molecule has 0 spiro atoms. The minimum atomic E-state index is -0.405. The van der Waals surface area contributed by atoms with Crippen molar-refractivity contribution in [1.82, 2.24) is 0 Å². The van der Waals surface area contributed by atoms with Crippen LogP contribution >= 0.6 is 0 Å². The first-order valence-corrected chi connectivity index (χ1v) is 10.1. The van der Waals surface area contributed by atoms with Crippen LogP contribution in [0.3, 0.4) is 0 Å². The van der Waals surface area contributed by atoms with Crippen molar-refractivity contribution >= 4 is 28.6 Å². The van der Waals surface area contributed by atoms with E-state index in [1.165, 1.54) is 0 Å². The highest BCUT2D eigenvalue weighted by atomic mass is 16.5. The normalized spacial score (nSPS) is 14.5. The van der Waals surface area contributed by atoms with E-state index in [2.05, 4.69) is 0 Å². The Balaban J connectivity index is 1.82. The molecule has 3 aromatic rings. The van der Waals surface area contributed by atoms with Gasteiger partial charge in [0.2, 0.25) is 0 Å². The summed E-state index contributed by atoms with van der Waals surface area (Å²) in [5.41, 5.74) is 3.03. The molecule has 0 bridgehead atoms. The summed E-state index contributed by atoms with van der Waals surface area (Å²) in [5.74, 6) is 2.06. The van der Waals surface area contributed by atoms with Crippen LogP contribution in [0.25, 0.3) is 22.6 Å². The number of fused-ring (bicyclic) bond motifs is 1. The molecule has 0 atom stereocenters. The van der Waals surface area contributed by atoms with Gasteiger partial charge in [0.1, 0.15) is 11.5 Å². The van der Waals surface area contributed by atoms with Gasteiger partial charge in [0, 0.05) is 11.1 Å². The molecule has 0 unspecified atom stereocenters. The molecule has 0 fully saturated rings. The van der Waals surface area contributed by atoms with Crippen molar-refractivity contribution in [1.29, 1.82) is 0 Å². The number of esters is 1. The zero-order valence-electron chi connectivity index (χ0n) is 18.0. The van der Waals surface area contributed by atoms with E-state index >= 15 is 0 Å². The first-order valence-electron chi connectivity index (χ1n) is 10.1. The molecule has 5 heteroatoms. The lowest BCUT2D eigenvalue weighted by Crippen LogP contribution is -2.00. The molecular weight excluding hydrogens is 392 g/mol. The van der Waals surface area contributed by atoms with Crippen molar-refractivity contribution in [2.24, 2.45) is 0 Å².